The molecular formula is H70N10O20. The summed E-state index contributed by atoms with van der Waals surface area (Å²) in [6.07, 6.45) is 0. The molecule has 0 amide bonds. The predicted octanol–water partition coefficient (Wildman–Crippen LogP) is -14.9. The quantitative estimate of drug-likeness (QED) is 0.141. The molecule has 0 aliphatic carbocycles. The van der Waals surface area contributed by atoms with Crippen LogP contribution in [0.15, 0.2) is 0 Å². The van der Waals surface area contributed by atoms with Crippen LogP contribution in [0.5, 0.6) is 0 Å². The Balaban J connectivity index is 0. The average molecular weight is 531 g/mol. The third kappa shape index (κ3) is 12400. The van der Waals surface area contributed by atoms with E-state index in [1.54, 1.807) is 0 Å². The van der Waals surface area contributed by atoms with E-state index in [1.165, 1.54) is 0 Å². The van der Waals surface area contributed by atoms with Gasteiger partial charge >= 0.3 is 0 Å². The van der Waals surface area contributed by atoms with E-state index in [9.17, 15) is 0 Å². The minimum absolute atomic E-state index is 0. The molecular weight excluding hydrogens is 460 g/mol. The molecule has 0 saturated carbocycles. The molecule has 0 aromatic rings. The van der Waals surface area contributed by atoms with Gasteiger partial charge in [0.15, 0.2) is 0 Å². The molecule has 0 aliphatic heterocycles. The van der Waals surface area contributed by atoms with E-state index in [1.807, 2.05) is 0 Å². The van der Waals surface area contributed by atoms with E-state index in [2.05, 4.69) is 0 Å². The number of rotatable bonds is 0. The highest BCUT2D eigenvalue weighted by Crippen LogP contribution is -0.269. The first kappa shape index (κ1) is 15500. The van der Waals surface area contributed by atoms with Crippen LogP contribution in [0.1, 0.15) is 0 Å². The van der Waals surface area contributed by atoms with Crippen molar-refractivity contribution in [3.63, 3.8) is 0 Å². The fourth-order valence-electron chi connectivity index (χ4n) is 0. The third-order valence-electron chi connectivity index (χ3n) is 0. The van der Waals surface area contributed by atoms with Gasteiger partial charge < -0.3 is 171 Å². The highest BCUT2D eigenvalue weighted by atomic mass is 16.0. The Bertz CT molecular complexity index is 27.5. The molecule has 0 radical (unpaired) electrons. The fraction of sp³-hybridized carbons (Fsp3) is 0. The fourth-order valence-corrected chi connectivity index (χ4v) is 0. The van der Waals surface area contributed by atoms with Crippen LogP contribution < -0.4 is 61.5 Å². The van der Waals surface area contributed by atoms with Gasteiger partial charge in [-0.2, -0.15) is 0 Å². The van der Waals surface area contributed by atoms with Gasteiger partial charge in [-0.3, -0.25) is 0 Å². The normalized spacial score (nSPS) is 0. The minimum atomic E-state index is 0. The summed E-state index contributed by atoms with van der Waals surface area (Å²) in [5.74, 6) is 0. The van der Waals surface area contributed by atoms with Crippen molar-refractivity contribution in [2.45, 2.75) is 0 Å². The summed E-state index contributed by atoms with van der Waals surface area (Å²) in [6.45, 7) is 0. The highest BCUT2D eigenvalue weighted by molar-refractivity contribution is 2.14. The van der Waals surface area contributed by atoms with E-state index < -0.39 is 0 Å². The summed E-state index contributed by atoms with van der Waals surface area (Å²) in [6, 6.07) is 0. The molecule has 0 bridgehead atoms. The standard InChI is InChI=1S/10H3N.20H2O/h10*1H3;20*1H2. The molecule has 0 saturated heterocycles. The van der Waals surface area contributed by atoms with Crippen molar-refractivity contribution < 1.29 is 110 Å². The van der Waals surface area contributed by atoms with Crippen molar-refractivity contribution in [2.75, 3.05) is 0 Å². The second-order valence-corrected chi connectivity index (χ2v) is 0. The van der Waals surface area contributed by atoms with Gasteiger partial charge in [0.2, 0.25) is 0 Å². The molecule has 0 rings (SSSR count). The number of hydrogen-bond donors (Lipinski definition) is 10. The second kappa shape index (κ2) is 13900. The molecule has 30 heteroatoms. The smallest absolute Gasteiger partial charge is 0.344 e. The maximum absolute atomic E-state index is 0. The van der Waals surface area contributed by atoms with E-state index in [0.29, 0.717) is 0 Å². The van der Waals surface area contributed by atoms with E-state index in [0.717, 1.165) is 0 Å². The van der Waals surface area contributed by atoms with E-state index in [4.69, 9.17) is 0 Å². The molecule has 0 fully saturated rings. The lowest BCUT2D eigenvalue weighted by Crippen LogP contribution is -0.482. The molecule has 0 spiro atoms. The van der Waals surface area contributed by atoms with Crippen LogP contribution in [0, 0.1) is 0 Å². The van der Waals surface area contributed by atoms with Crippen LogP contribution in [0.4, 0.5) is 0 Å². The van der Waals surface area contributed by atoms with Gasteiger partial charge in [-0.1, -0.05) is 0 Å². The first-order valence-corrected chi connectivity index (χ1v) is 0. The first-order chi connectivity index (χ1) is 0. The summed E-state index contributed by atoms with van der Waals surface area (Å²) < 4.78 is 0. The summed E-state index contributed by atoms with van der Waals surface area (Å²) in [5.41, 5.74) is 0. The van der Waals surface area contributed by atoms with Gasteiger partial charge in [0, 0.05) is 0 Å². The van der Waals surface area contributed by atoms with E-state index >= 15 is 0 Å². The van der Waals surface area contributed by atoms with Gasteiger partial charge in [-0.25, -0.2) is 0 Å². The molecule has 0 unspecified atom stereocenters. The molecule has 0 atom stereocenters. The Hall–Kier alpha value is -1.20. The molecule has 30 nitrogen and oxygen atoms in total. The van der Waals surface area contributed by atoms with Crippen LogP contribution in [0.25, 0.3) is 0 Å². The van der Waals surface area contributed by atoms with Crippen molar-refractivity contribution in [1.82, 2.24) is 61.5 Å². The van der Waals surface area contributed by atoms with Gasteiger partial charge in [0.1, 0.15) is 0 Å². The molecule has 0 aromatic carbocycles. The summed E-state index contributed by atoms with van der Waals surface area (Å²) in [5, 5.41) is 0. The Labute approximate surface area is 172 Å². The van der Waals surface area contributed by atoms with Crippen molar-refractivity contribution in [1.29, 1.82) is 0 Å². The van der Waals surface area contributed by atoms with Crippen LogP contribution in [0.3, 0.4) is 0 Å². The SMILES string of the molecule is N.N.N.N.N.N.N.N.N.N.O.O.O.O.O.O.O.O.O.O.O.O.O.O.O.O.O.O.O.O. The van der Waals surface area contributed by atoms with Crippen LogP contribution in [-0.4, -0.2) is 110 Å². The monoisotopic (exact) mass is 530 g/mol. The van der Waals surface area contributed by atoms with Gasteiger partial charge in [0.05, 0.1) is 0 Å². The maximum Gasteiger partial charge on any atom is -0.344 e. The molecule has 0 aliphatic rings. The van der Waals surface area contributed by atoms with Crippen LogP contribution in [0.2, 0.25) is 0 Å². The Kier molecular flexibility index (Phi) is 7140000. The van der Waals surface area contributed by atoms with Crippen molar-refractivity contribution in [3.8, 4) is 0 Å². The zero-order valence-electron chi connectivity index (χ0n) is 17.1. The number of hydrogen-bond acceptors (Lipinski definition) is 10. The Morgan fingerprint density at radius 2 is 0.0667 bits per heavy atom. The molecule has 30 heavy (non-hydrogen) atoms. The molecule has 240 valence electrons. The topological polar surface area (TPSA) is 980 Å². The van der Waals surface area contributed by atoms with Gasteiger partial charge in [-0.05, 0) is 0 Å². The second-order valence-electron chi connectivity index (χ2n) is 0. The van der Waals surface area contributed by atoms with Crippen LogP contribution in [-0.2, 0) is 0 Å². The minimum Gasteiger partial charge on any atom is -0.412 e. The Morgan fingerprint density at radius 3 is 0.0667 bits per heavy atom. The maximum atomic E-state index is 0. The summed E-state index contributed by atoms with van der Waals surface area (Å²) in [4.78, 5) is 0. The lowest BCUT2D eigenvalue weighted by Gasteiger charge is -0.413. The summed E-state index contributed by atoms with van der Waals surface area (Å²) >= 11 is 0. The lowest BCUT2D eigenvalue weighted by atomic mass is 14.0. The molecule has 0 heterocycles. The molecule has 70 N–H and O–H groups in total. The van der Waals surface area contributed by atoms with E-state index in [-0.39, 0.29) is 171 Å². The predicted molar refractivity (Wildman–Crippen MR) is 122 cm³/mol. The van der Waals surface area contributed by atoms with Crippen LogP contribution >= 0.6 is 0 Å². The van der Waals surface area contributed by atoms with Crippen molar-refractivity contribution >= 4 is 0 Å². The first-order valence-electron chi connectivity index (χ1n) is 0. The van der Waals surface area contributed by atoms with Gasteiger partial charge in [0.25, 0.3) is 0 Å². The third-order valence-corrected chi connectivity index (χ3v) is 0. The van der Waals surface area contributed by atoms with Crippen molar-refractivity contribution in [2.24, 2.45) is 0 Å². The largest absolute Gasteiger partial charge is 0.412 e. The Morgan fingerprint density at radius 1 is 0.0667 bits per heavy atom. The molecule has 0 aromatic heterocycles. The average Bonchev–Trinajstić information content (AvgIpc) is 0. The summed E-state index contributed by atoms with van der Waals surface area (Å²) in [7, 11) is 0. The lowest BCUT2D eigenvalue weighted by molar-refractivity contribution is 0.823. The van der Waals surface area contributed by atoms with Crippen molar-refractivity contribution in [3.05, 3.63) is 0 Å². The zero-order valence-corrected chi connectivity index (χ0v) is 17.1. The highest BCUT2D eigenvalue weighted by Gasteiger charge is -0.332. The van der Waals surface area contributed by atoms with Gasteiger partial charge in [-0.15, -0.1) is 0 Å². The zero-order chi connectivity index (χ0) is 0.